The van der Waals surface area contributed by atoms with Crippen molar-refractivity contribution in [1.82, 2.24) is 15.2 Å². The maximum atomic E-state index is 12.5. The first-order valence-corrected chi connectivity index (χ1v) is 7.73. The molecule has 0 aliphatic carbocycles. The first-order chi connectivity index (χ1) is 10.6. The lowest BCUT2D eigenvalue weighted by molar-refractivity contribution is -0.0898. The van der Waals surface area contributed by atoms with E-state index in [2.05, 4.69) is 17.2 Å². The number of rotatable bonds is 5. The van der Waals surface area contributed by atoms with Gasteiger partial charge in [0.25, 0.3) is 0 Å². The van der Waals surface area contributed by atoms with Crippen molar-refractivity contribution >= 4 is 6.03 Å². The summed E-state index contributed by atoms with van der Waals surface area (Å²) in [6.07, 6.45) is 4.27. The van der Waals surface area contributed by atoms with Crippen LogP contribution in [-0.2, 0) is 9.47 Å². The van der Waals surface area contributed by atoms with Crippen molar-refractivity contribution in [2.75, 3.05) is 26.8 Å². The Kier molecular flexibility index (Phi) is 6.15. The predicted molar refractivity (Wildman–Crippen MR) is 83.6 cm³/mol. The summed E-state index contributed by atoms with van der Waals surface area (Å²) >= 11 is 0. The van der Waals surface area contributed by atoms with Crippen molar-refractivity contribution in [1.29, 1.82) is 0 Å². The lowest BCUT2D eigenvalue weighted by Gasteiger charge is -2.37. The minimum absolute atomic E-state index is 0.00507. The van der Waals surface area contributed by atoms with E-state index in [4.69, 9.17) is 9.47 Å². The molecule has 2 heterocycles. The van der Waals surface area contributed by atoms with Crippen molar-refractivity contribution in [3.8, 4) is 0 Å². The van der Waals surface area contributed by atoms with Crippen molar-refractivity contribution in [3.63, 3.8) is 0 Å². The highest BCUT2D eigenvalue weighted by atomic mass is 16.5. The molecule has 1 aliphatic heterocycles. The molecule has 1 aromatic rings. The number of nitrogens with zero attached hydrogens (tertiary/aromatic N) is 2. The standard InChI is InChI=1S/C16H25N3O3/c1-4-15(13-5-7-17-8-6-13)18-16(20)19-9-12(2)22-14(10-19)11-21-3/h5-8,12,14-15H,4,9-11H2,1-3H3,(H,18,20). The largest absolute Gasteiger partial charge is 0.382 e. The van der Waals surface area contributed by atoms with Crippen LogP contribution in [-0.4, -0.2) is 54.9 Å². The van der Waals surface area contributed by atoms with Crippen molar-refractivity contribution in [2.45, 2.75) is 38.5 Å². The third-order valence-electron chi connectivity index (χ3n) is 3.78. The topological polar surface area (TPSA) is 63.7 Å². The number of urea groups is 1. The molecule has 1 fully saturated rings. The van der Waals surface area contributed by atoms with Gasteiger partial charge in [0.2, 0.25) is 0 Å². The Morgan fingerprint density at radius 2 is 2.23 bits per heavy atom. The van der Waals surface area contributed by atoms with Gasteiger partial charge in [-0.3, -0.25) is 4.98 Å². The van der Waals surface area contributed by atoms with E-state index in [0.717, 1.165) is 12.0 Å². The fourth-order valence-electron chi connectivity index (χ4n) is 2.75. The molecule has 3 unspecified atom stereocenters. The van der Waals surface area contributed by atoms with Gasteiger partial charge in [-0.05, 0) is 31.0 Å². The number of carbonyl (C=O) groups excluding carboxylic acids is 1. The monoisotopic (exact) mass is 307 g/mol. The quantitative estimate of drug-likeness (QED) is 0.903. The Morgan fingerprint density at radius 1 is 1.50 bits per heavy atom. The third-order valence-corrected chi connectivity index (χ3v) is 3.78. The minimum Gasteiger partial charge on any atom is -0.382 e. The zero-order valence-electron chi connectivity index (χ0n) is 13.5. The Balaban J connectivity index is 1.98. The van der Waals surface area contributed by atoms with Gasteiger partial charge in [0.15, 0.2) is 0 Å². The van der Waals surface area contributed by atoms with Gasteiger partial charge in [0, 0.05) is 26.0 Å². The molecular formula is C16H25N3O3. The first-order valence-electron chi connectivity index (χ1n) is 7.73. The van der Waals surface area contributed by atoms with Crippen LogP contribution in [0.2, 0.25) is 0 Å². The fraction of sp³-hybridized carbons (Fsp3) is 0.625. The molecule has 3 atom stereocenters. The molecular weight excluding hydrogens is 282 g/mol. The van der Waals surface area contributed by atoms with Crippen LogP contribution in [0.3, 0.4) is 0 Å². The number of amides is 2. The second-order valence-corrected chi connectivity index (χ2v) is 5.62. The number of aromatic nitrogens is 1. The molecule has 0 aromatic carbocycles. The molecule has 0 radical (unpaired) electrons. The van der Waals surface area contributed by atoms with E-state index >= 15 is 0 Å². The van der Waals surface area contributed by atoms with Crippen LogP contribution >= 0.6 is 0 Å². The lowest BCUT2D eigenvalue weighted by atomic mass is 10.1. The van der Waals surface area contributed by atoms with Crippen molar-refractivity contribution in [2.24, 2.45) is 0 Å². The van der Waals surface area contributed by atoms with Crippen molar-refractivity contribution < 1.29 is 14.3 Å². The second-order valence-electron chi connectivity index (χ2n) is 5.62. The van der Waals surface area contributed by atoms with E-state index in [1.807, 2.05) is 24.0 Å². The number of nitrogens with one attached hydrogen (secondary N) is 1. The molecule has 1 aromatic heterocycles. The fourth-order valence-corrected chi connectivity index (χ4v) is 2.75. The molecule has 0 bridgehead atoms. The lowest BCUT2D eigenvalue weighted by Crippen LogP contribution is -2.53. The maximum Gasteiger partial charge on any atom is 0.318 e. The Labute approximate surface area is 131 Å². The van der Waals surface area contributed by atoms with Gasteiger partial charge < -0.3 is 19.7 Å². The summed E-state index contributed by atoms with van der Waals surface area (Å²) in [6.45, 7) is 5.68. The molecule has 6 heteroatoms. The van der Waals surface area contributed by atoms with Gasteiger partial charge in [-0.25, -0.2) is 4.79 Å². The number of hydrogen-bond acceptors (Lipinski definition) is 4. The number of methoxy groups -OCH3 is 1. The smallest absolute Gasteiger partial charge is 0.318 e. The average Bonchev–Trinajstić information content (AvgIpc) is 2.53. The number of carbonyl (C=O) groups is 1. The summed E-state index contributed by atoms with van der Waals surface area (Å²) < 4.78 is 10.9. The van der Waals surface area contributed by atoms with Gasteiger partial charge in [-0.2, -0.15) is 0 Å². The number of ether oxygens (including phenoxy) is 2. The van der Waals surface area contributed by atoms with Gasteiger partial charge in [0.1, 0.15) is 0 Å². The van der Waals surface area contributed by atoms with Gasteiger partial charge >= 0.3 is 6.03 Å². The minimum atomic E-state index is -0.0690. The Morgan fingerprint density at radius 3 is 2.86 bits per heavy atom. The first kappa shape index (κ1) is 16.7. The van der Waals surface area contributed by atoms with Crippen LogP contribution in [0.1, 0.15) is 31.9 Å². The number of hydrogen-bond donors (Lipinski definition) is 1. The van der Waals surface area contributed by atoms with Crippen LogP contribution in [0.25, 0.3) is 0 Å². The second kappa shape index (κ2) is 8.10. The van der Waals surface area contributed by atoms with Gasteiger partial charge in [-0.15, -0.1) is 0 Å². The number of morpholine rings is 1. The van der Waals surface area contributed by atoms with Crippen molar-refractivity contribution in [3.05, 3.63) is 30.1 Å². The zero-order valence-corrected chi connectivity index (χ0v) is 13.5. The predicted octanol–water partition coefficient (Wildman–Crippen LogP) is 1.98. The van der Waals surface area contributed by atoms with Crippen LogP contribution < -0.4 is 5.32 Å². The molecule has 2 amide bonds. The summed E-state index contributed by atoms with van der Waals surface area (Å²) in [7, 11) is 1.64. The average molecular weight is 307 g/mol. The molecule has 1 saturated heterocycles. The molecule has 22 heavy (non-hydrogen) atoms. The number of pyridine rings is 1. The zero-order chi connectivity index (χ0) is 15.9. The Bertz CT molecular complexity index is 469. The summed E-state index contributed by atoms with van der Waals surface area (Å²) in [4.78, 5) is 18.4. The van der Waals surface area contributed by atoms with Crippen LogP contribution in [0.4, 0.5) is 4.79 Å². The summed E-state index contributed by atoms with van der Waals surface area (Å²) in [6, 6.07) is 3.81. The SMILES string of the molecule is CCC(NC(=O)N1CC(C)OC(COC)C1)c1ccncc1. The van der Waals surface area contributed by atoms with E-state index in [1.165, 1.54) is 0 Å². The summed E-state index contributed by atoms with van der Waals surface area (Å²) in [5.41, 5.74) is 1.07. The molecule has 122 valence electrons. The molecule has 1 N–H and O–H groups in total. The van der Waals surface area contributed by atoms with E-state index < -0.39 is 0 Å². The molecule has 0 spiro atoms. The molecule has 6 nitrogen and oxygen atoms in total. The van der Waals surface area contributed by atoms with Crippen LogP contribution in [0, 0.1) is 0 Å². The third kappa shape index (κ3) is 4.42. The van der Waals surface area contributed by atoms with Gasteiger partial charge in [-0.1, -0.05) is 6.92 Å². The normalized spacial score (nSPS) is 23.1. The van der Waals surface area contributed by atoms with E-state index in [0.29, 0.717) is 19.7 Å². The van der Waals surface area contributed by atoms with Gasteiger partial charge in [0.05, 0.1) is 31.4 Å². The van der Waals surface area contributed by atoms with E-state index in [9.17, 15) is 4.79 Å². The Hall–Kier alpha value is -1.66. The highest BCUT2D eigenvalue weighted by Crippen LogP contribution is 2.17. The highest BCUT2D eigenvalue weighted by molar-refractivity contribution is 5.75. The highest BCUT2D eigenvalue weighted by Gasteiger charge is 2.29. The van der Waals surface area contributed by atoms with Crippen LogP contribution in [0.5, 0.6) is 0 Å². The maximum absolute atomic E-state index is 12.5. The summed E-state index contributed by atoms with van der Waals surface area (Å²) in [5.74, 6) is 0. The molecule has 1 aliphatic rings. The van der Waals surface area contributed by atoms with E-state index in [-0.39, 0.29) is 24.3 Å². The molecule has 0 saturated carbocycles. The van der Waals surface area contributed by atoms with E-state index in [1.54, 1.807) is 19.5 Å². The summed E-state index contributed by atoms with van der Waals surface area (Å²) in [5, 5.41) is 3.10. The van der Waals surface area contributed by atoms with Crippen LogP contribution in [0.15, 0.2) is 24.5 Å². The molecule has 2 rings (SSSR count).